The maximum Gasteiger partial charge on any atom is 0.417 e. The number of benzene rings is 1. The van der Waals surface area contributed by atoms with Crippen LogP contribution in [0.15, 0.2) is 35.2 Å². The number of halogens is 4. The van der Waals surface area contributed by atoms with E-state index in [4.69, 9.17) is 16.3 Å². The molecule has 10 heteroatoms. The molecule has 1 heterocycles. The average molecular weight is 394 g/mol. The predicted molar refractivity (Wildman–Crippen MR) is 83.8 cm³/mol. The Labute approximate surface area is 146 Å². The van der Waals surface area contributed by atoms with Crippen LogP contribution in [-0.4, -0.2) is 32.6 Å². The number of carbonyl (C=O) groups is 1. The molecule has 0 N–H and O–H groups in total. The second-order valence-corrected chi connectivity index (χ2v) is 7.39. The molecule has 0 saturated heterocycles. The molecule has 134 valence electrons. The van der Waals surface area contributed by atoms with Crippen molar-refractivity contribution in [3.63, 3.8) is 0 Å². The van der Waals surface area contributed by atoms with E-state index in [-0.39, 0.29) is 22.2 Å². The highest BCUT2D eigenvalue weighted by molar-refractivity contribution is 7.90. The number of rotatable bonds is 4. The second-order valence-electron chi connectivity index (χ2n) is 5.00. The van der Waals surface area contributed by atoms with E-state index in [0.717, 1.165) is 12.1 Å². The monoisotopic (exact) mass is 393 g/mol. The molecule has 2 rings (SSSR count). The second kappa shape index (κ2) is 6.64. The van der Waals surface area contributed by atoms with Crippen molar-refractivity contribution in [3.05, 3.63) is 52.2 Å². The normalized spacial score (nSPS) is 12.1. The first-order valence-corrected chi connectivity index (χ1v) is 8.88. The van der Waals surface area contributed by atoms with Crippen LogP contribution in [0.1, 0.15) is 21.6 Å². The van der Waals surface area contributed by atoms with Gasteiger partial charge in [-0.2, -0.15) is 13.2 Å². The van der Waals surface area contributed by atoms with E-state index < -0.39 is 32.3 Å². The highest BCUT2D eigenvalue weighted by atomic mass is 35.5. The predicted octanol–water partition coefficient (Wildman–Crippen LogP) is 3.40. The summed E-state index contributed by atoms with van der Waals surface area (Å²) in [5.41, 5.74) is -1.97. The molecule has 0 saturated carbocycles. The molecule has 1 aromatic carbocycles. The molecule has 5 nitrogen and oxygen atoms in total. The zero-order valence-corrected chi connectivity index (χ0v) is 14.5. The molecule has 0 unspecified atom stereocenters. The van der Waals surface area contributed by atoms with Gasteiger partial charge in [-0.3, -0.25) is 4.79 Å². The third-order valence-corrected chi connectivity index (χ3v) is 4.63. The minimum absolute atomic E-state index is 0.0590. The maximum absolute atomic E-state index is 13.2. The first kappa shape index (κ1) is 19.2. The summed E-state index contributed by atoms with van der Waals surface area (Å²) in [6.45, 7) is 0. The fourth-order valence-electron chi connectivity index (χ4n) is 2.06. The van der Waals surface area contributed by atoms with Crippen molar-refractivity contribution < 1.29 is 31.1 Å². The van der Waals surface area contributed by atoms with Gasteiger partial charge in [0.05, 0.1) is 17.6 Å². The minimum Gasteiger partial charge on any atom is -0.480 e. The minimum atomic E-state index is -4.94. The highest BCUT2D eigenvalue weighted by Gasteiger charge is 2.37. The topological polar surface area (TPSA) is 73.3 Å². The van der Waals surface area contributed by atoms with Crippen molar-refractivity contribution in [2.45, 2.75) is 11.1 Å². The summed E-state index contributed by atoms with van der Waals surface area (Å²) in [6, 6.07) is 4.78. The number of ether oxygens (including phenoxy) is 1. The summed E-state index contributed by atoms with van der Waals surface area (Å²) in [6.07, 6.45) is -4.29. The summed E-state index contributed by atoms with van der Waals surface area (Å²) in [5.74, 6) is -0.892. The first-order valence-electron chi connectivity index (χ1n) is 6.61. The first-order chi connectivity index (χ1) is 11.4. The summed E-state index contributed by atoms with van der Waals surface area (Å²) < 4.78 is 67.4. The summed E-state index contributed by atoms with van der Waals surface area (Å²) >= 11 is 5.79. The van der Waals surface area contributed by atoms with E-state index in [1.807, 2.05) is 0 Å². The SMILES string of the molecule is COc1nc(C(=O)c2ccc(S(C)(=O)=O)c(C(F)(F)F)c2)ccc1Cl. The van der Waals surface area contributed by atoms with E-state index in [1.165, 1.54) is 19.2 Å². The zero-order valence-electron chi connectivity index (χ0n) is 12.9. The van der Waals surface area contributed by atoms with Gasteiger partial charge in [-0.05, 0) is 30.3 Å². The fraction of sp³-hybridized carbons (Fsp3) is 0.200. The van der Waals surface area contributed by atoms with E-state index in [0.29, 0.717) is 12.3 Å². The van der Waals surface area contributed by atoms with Gasteiger partial charge < -0.3 is 4.74 Å². The van der Waals surface area contributed by atoms with Crippen LogP contribution in [0.25, 0.3) is 0 Å². The third kappa shape index (κ3) is 4.10. The Hall–Kier alpha value is -2.13. The number of pyridine rings is 1. The molecule has 0 fully saturated rings. The Balaban J connectivity index is 2.59. The van der Waals surface area contributed by atoms with Crippen LogP contribution in [-0.2, 0) is 16.0 Å². The van der Waals surface area contributed by atoms with Crippen LogP contribution in [0.2, 0.25) is 5.02 Å². The van der Waals surface area contributed by atoms with Crippen LogP contribution in [0, 0.1) is 0 Å². The van der Waals surface area contributed by atoms with E-state index in [9.17, 15) is 26.4 Å². The lowest BCUT2D eigenvalue weighted by molar-refractivity contribution is -0.139. The molecule has 0 atom stereocenters. The van der Waals surface area contributed by atoms with Gasteiger partial charge in [0.1, 0.15) is 10.7 Å². The lowest BCUT2D eigenvalue weighted by atomic mass is 10.0. The Morgan fingerprint density at radius 1 is 1.20 bits per heavy atom. The van der Waals surface area contributed by atoms with Crippen molar-refractivity contribution in [2.24, 2.45) is 0 Å². The van der Waals surface area contributed by atoms with Gasteiger partial charge in [-0.15, -0.1) is 0 Å². The number of ketones is 1. The molecule has 0 radical (unpaired) electrons. The molecule has 0 aliphatic rings. The van der Waals surface area contributed by atoms with Gasteiger partial charge in [-0.25, -0.2) is 13.4 Å². The van der Waals surface area contributed by atoms with Gasteiger partial charge in [0.25, 0.3) is 0 Å². The van der Waals surface area contributed by atoms with Crippen LogP contribution < -0.4 is 4.74 Å². The van der Waals surface area contributed by atoms with Crippen LogP contribution >= 0.6 is 11.6 Å². The summed E-state index contributed by atoms with van der Waals surface area (Å²) in [4.78, 5) is 15.3. The Morgan fingerprint density at radius 3 is 2.36 bits per heavy atom. The summed E-state index contributed by atoms with van der Waals surface area (Å²) in [7, 11) is -2.86. The Bertz CT molecular complexity index is 942. The molecular formula is C15H11ClF3NO4S. The van der Waals surface area contributed by atoms with Gasteiger partial charge in [0, 0.05) is 11.8 Å². The molecule has 0 aliphatic heterocycles. The number of sulfone groups is 1. The van der Waals surface area contributed by atoms with Gasteiger partial charge in [0.2, 0.25) is 11.7 Å². The van der Waals surface area contributed by atoms with Crippen molar-refractivity contribution >= 4 is 27.2 Å². The van der Waals surface area contributed by atoms with Crippen LogP contribution in [0.5, 0.6) is 5.88 Å². The van der Waals surface area contributed by atoms with Gasteiger partial charge in [-0.1, -0.05) is 11.6 Å². The molecule has 2 aromatic rings. The number of methoxy groups -OCH3 is 1. The van der Waals surface area contributed by atoms with E-state index in [1.54, 1.807) is 0 Å². The lowest BCUT2D eigenvalue weighted by Gasteiger charge is -2.13. The number of alkyl halides is 3. The molecular weight excluding hydrogens is 383 g/mol. The Kier molecular flexibility index (Phi) is 5.10. The van der Waals surface area contributed by atoms with Gasteiger partial charge >= 0.3 is 6.18 Å². The smallest absolute Gasteiger partial charge is 0.417 e. The third-order valence-electron chi connectivity index (χ3n) is 3.19. The number of aromatic nitrogens is 1. The zero-order chi connectivity index (χ0) is 19.0. The largest absolute Gasteiger partial charge is 0.480 e. The molecule has 0 bridgehead atoms. The van der Waals surface area contributed by atoms with Crippen molar-refractivity contribution in [3.8, 4) is 5.88 Å². The van der Waals surface area contributed by atoms with E-state index >= 15 is 0 Å². The number of hydrogen-bond donors (Lipinski definition) is 0. The van der Waals surface area contributed by atoms with Crippen molar-refractivity contribution in [1.29, 1.82) is 0 Å². The summed E-state index contributed by atoms with van der Waals surface area (Å²) in [5, 5.41) is 0.127. The quantitative estimate of drug-likeness (QED) is 0.744. The number of carbonyl (C=O) groups excluding carboxylic acids is 1. The molecule has 0 amide bonds. The van der Waals surface area contributed by atoms with Gasteiger partial charge in [0.15, 0.2) is 9.84 Å². The highest BCUT2D eigenvalue weighted by Crippen LogP contribution is 2.35. The number of nitrogens with zero attached hydrogens (tertiary/aromatic N) is 1. The average Bonchev–Trinajstić information content (AvgIpc) is 2.52. The van der Waals surface area contributed by atoms with Crippen molar-refractivity contribution in [1.82, 2.24) is 4.98 Å². The maximum atomic E-state index is 13.2. The molecule has 1 aromatic heterocycles. The fourth-order valence-corrected chi connectivity index (χ4v) is 3.13. The molecule has 0 spiro atoms. The number of hydrogen-bond acceptors (Lipinski definition) is 5. The van der Waals surface area contributed by atoms with E-state index in [2.05, 4.69) is 4.98 Å². The van der Waals surface area contributed by atoms with Crippen LogP contribution in [0.4, 0.5) is 13.2 Å². The lowest BCUT2D eigenvalue weighted by Crippen LogP contribution is -2.15. The molecule has 0 aliphatic carbocycles. The van der Waals surface area contributed by atoms with Crippen LogP contribution in [0.3, 0.4) is 0 Å². The Morgan fingerprint density at radius 2 is 1.84 bits per heavy atom. The molecule has 25 heavy (non-hydrogen) atoms. The van der Waals surface area contributed by atoms with Crippen molar-refractivity contribution in [2.75, 3.05) is 13.4 Å². The standard InChI is InChI=1S/C15H11ClF3NO4S/c1-24-14-10(16)4-5-11(20-14)13(21)8-3-6-12(25(2,22)23)9(7-8)15(17,18)19/h3-7H,1-2H3.